The number of methoxy groups -OCH3 is 1. The first kappa shape index (κ1) is 17.8. The van der Waals surface area contributed by atoms with Crippen molar-refractivity contribution in [3.63, 3.8) is 0 Å². The van der Waals surface area contributed by atoms with Gasteiger partial charge in [-0.05, 0) is 49.7 Å². The summed E-state index contributed by atoms with van der Waals surface area (Å²) >= 11 is 0. The molecule has 28 heavy (non-hydrogen) atoms. The fourth-order valence-electron chi connectivity index (χ4n) is 3.28. The van der Waals surface area contributed by atoms with E-state index in [0.29, 0.717) is 39.5 Å². The Balaban J connectivity index is 1.85. The maximum atomic E-state index is 13.2. The van der Waals surface area contributed by atoms with Gasteiger partial charge in [0.05, 0.1) is 35.7 Å². The Morgan fingerprint density at radius 1 is 1.21 bits per heavy atom. The second kappa shape index (κ2) is 6.84. The van der Waals surface area contributed by atoms with Crippen molar-refractivity contribution in [2.24, 2.45) is 7.05 Å². The number of rotatable bonds is 4. The lowest BCUT2D eigenvalue weighted by Crippen LogP contribution is -2.14. The van der Waals surface area contributed by atoms with E-state index in [1.165, 1.54) is 0 Å². The molecule has 3 aromatic heterocycles. The number of carbonyl (C=O) groups excluding carboxylic acids is 1. The smallest absolute Gasteiger partial charge is 0.256 e. The Labute approximate surface area is 161 Å². The summed E-state index contributed by atoms with van der Waals surface area (Å²) in [5.41, 5.74) is 4.03. The topological polar surface area (TPSA) is 82.2 Å². The molecule has 1 N–H and O–H groups in total. The first-order valence-electron chi connectivity index (χ1n) is 8.82. The average Bonchev–Trinajstić information content (AvgIpc) is 3.30. The number of hydrogen-bond acceptors (Lipinski definition) is 5. The largest absolute Gasteiger partial charge is 0.495 e. The standard InChI is InChI=1S/C21H20N4O3/c1-12-7-8-17(27-4)15(10-12)23-21(26)14-11-16(18-6-5-9-28-18)22-20-19(14)13(2)24-25(20)3/h5-11H,1-4H3,(H,23,26). The highest BCUT2D eigenvalue weighted by molar-refractivity contribution is 6.13. The van der Waals surface area contributed by atoms with E-state index < -0.39 is 0 Å². The number of aryl methyl sites for hydroxylation is 3. The number of hydrogen-bond donors (Lipinski definition) is 1. The zero-order chi connectivity index (χ0) is 19.8. The highest BCUT2D eigenvalue weighted by Crippen LogP contribution is 2.30. The van der Waals surface area contributed by atoms with Crippen LogP contribution in [0.4, 0.5) is 5.69 Å². The van der Waals surface area contributed by atoms with Crippen molar-refractivity contribution in [3.8, 4) is 17.2 Å². The van der Waals surface area contributed by atoms with Gasteiger partial charge in [-0.3, -0.25) is 9.48 Å². The molecule has 4 aromatic rings. The molecule has 0 fully saturated rings. The van der Waals surface area contributed by atoms with Crippen molar-refractivity contribution < 1.29 is 13.9 Å². The number of benzene rings is 1. The quantitative estimate of drug-likeness (QED) is 0.580. The molecule has 0 atom stereocenters. The Hall–Kier alpha value is -3.61. The number of nitrogens with one attached hydrogen (secondary N) is 1. The van der Waals surface area contributed by atoms with Gasteiger partial charge < -0.3 is 14.5 Å². The van der Waals surface area contributed by atoms with Crippen molar-refractivity contribution >= 4 is 22.6 Å². The van der Waals surface area contributed by atoms with E-state index in [2.05, 4.69) is 15.4 Å². The van der Waals surface area contributed by atoms with Crippen LogP contribution in [0.3, 0.4) is 0 Å². The zero-order valence-corrected chi connectivity index (χ0v) is 16.1. The Bertz CT molecular complexity index is 1180. The van der Waals surface area contributed by atoms with Gasteiger partial charge in [0, 0.05) is 7.05 Å². The van der Waals surface area contributed by atoms with Gasteiger partial charge in [0.15, 0.2) is 11.4 Å². The maximum absolute atomic E-state index is 13.2. The van der Waals surface area contributed by atoms with Gasteiger partial charge in [-0.2, -0.15) is 5.10 Å². The molecule has 0 aliphatic heterocycles. The van der Waals surface area contributed by atoms with Crippen LogP contribution in [0.15, 0.2) is 47.1 Å². The third kappa shape index (κ3) is 3.00. The molecule has 7 nitrogen and oxygen atoms in total. The molecule has 0 saturated carbocycles. The monoisotopic (exact) mass is 376 g/mol. The second-order valence-corrected chi connectivity index (χ2v) is 6.60. The molecule has 0 saturated heterocycles. The predicted molar refractivity (Wildman–Crippen MR) is 107 cm³/mol. The highest BCUT2D eigenvalue weighted by Gasteiger charge is 2.21. The van der Waals surface area contributed by atoms with Crippen molar-refractivity contribution in [1.29, 1.82) is 0 Å². The van der Waals surface area contributed by atoms with E-state index in [9.17, 15) is 4.79 Å². The minimum atomic E-state index is -0.264. The number of furan rings is 1. The van der Waals surface area contributed by atoms with Crippen LogP contribution in [0, 0.1) is 13.8 Å². The molecule has 142 valence electrons. The lowest BCUT2D eigenvalue weighted by Gasteiger charge is -2.12. The summed E-state index contributed by atoms with van der Waals surface area (Å²) < 4.78 is 12.5. The summed E-state index contributed by atoms with van der Waals surface area (Å²) in [7, 11) is 3.38. The van der Waals surface area contributed by atoms with Gasteiger partial charge in [-0.15, -0.1) is 0 Å². The number of fused-ring (bicyclic) bond motifs is 1. The number of ether oxygens (including phenoxy) is 1. The van der Waals surface area contributed by atoms with E-state index in [0.717, 1.165) is 11.3 Å². The molecule has 7 heteroatoms. The summed E-state index contributed by atoms with van der Waals surface area (Å²) in [6.45, 7) is 3.82. The lowest BCUT2D eigenvalue weighted by atomic mass is 10.1. The predicted octanol–water partition coefficient (Wildman–Crippen LogP) is 4.11. The third-order valence-electron chi connectivity index (χ3n) is 4.59. The average molecular weight is 376 g/mol. The van der Waals surface area contributed by atoms with Gasteiger partial charge in [0.2, 0.25) is 0 Å². The molecule has 0 radical (unpaired) electrons. The van der Waals surface area contributed by atoms with E-state index >= 15 is 0 Å². The minimum absolute atomic E-state index is 0.264. The van der Waals surface area contributed by atoms with Crippen LogP contribution in [0.1, 0.15) is 21.6 Å². The van der Waals surface area contributed by atoms with Gasteiger partial charge >= 0.3 is 0 Å². The van der Waals surface area contributed by atoms with E-state index in [1.807, 2.05) is 38.1 Å². The molecule has 3 heterocycles. The van der Waals surface area contributed by atoms with Crippen LogP contribution in [0.25, 0.3) is 22.5 Å². The van der Waals surface area contributed by atoms with Gasteiger partial charge in [-0.1, -0.05) is 6.07 Å². The van der Waals surface area contributed by atoms with E-state index in [1.54, 1.807) is 37.2 Å². The molecule has 1 amide bonds. The number of aromatic nitrogens is 3. The number of pyridine rings is 1. The fourth-order valence-corrected chi connectivity index (χ4v) is 3.28. The van der Waals surface area contributed by atoms with Crippen LogP contribution in [-0.2, 0) is 7.05 Å². The number of amides is 1. The number of nitrogens with zero attached hydrogens (tertiary/aromatic N) is 3. The van der Waals surface area contributed by atoms with Gasteiger partial charge in [0.25, 0.3) is 5.91 Å². The van der Waals surface area contributed by atoms with Crippen LogP contribution >= 0.6 is 0 Å². The zero-order valence-electron chi connectivity index (χ0n) is 16.1. The SMILES string of the molecule is COc1ccc(C)cc1NC(=O)c1cc(-c2ccco2)nc2c1c(C)nn2C. The summed E-state index contributed by atoms with van der Waals surface area (Å²) in [4.78, 5) is 17.9. The summed E-state index contributed by atoms with van der Waals surface area (Å²) in [5, 5.41) is 8.10. The molecule has 0 bridgehead atoms. The Kier molecular flexibility index (Phi) is 4.35. The second-order valence-electron chi connectivity index (χ2n) is 6.60. The maximum Gasteiger partial charge on any atom is 0.256 e. The summed E-state index contributed by atoms with van der Waals surface area (Å²) in [6, 6.07) is 11.0. The first-order chi connectivity index (χ1) is 13.5. The number of anilines is 1. The molecule has 0 spiro atoms. The number of carbonyl (C=O) groups is 1. The van der Waals surface area contributed by atoms with E-state index in [4.69, 9.17) is 9.15 Å². The van der Waals surface area contributed by atoms with Crippen LogP contribution in [0.2, 0.25) is 0 Å². The summed E-state index contributed by atoms with van der Waals surface area (Å²) in [5.74, 6) is 0.918. The highest BCUT2D eigenvalue weighted by atomic mass is 16.5. The van der Waals surface area contributed by atoms with Crippen molar-refractivity contribution in [1.82, 2.24) is 14.8 Å². The van der Waals surface area contributed by atoms with Gasteiger partial charge in [0.1, 0.15) is 11.4 Å². The van der Waals surface area contributed by atoms with Crippen molar-refractivity contribution in [2.75, 3.05) is 12.4 Å². The van der Waals surface area contributed by atoms with Crippen LogP contribution in [0.5, 0.6) is 5.75 Å². The minimum Gasteiger partial charge on any atom is -0.495 e. The molecule has 0 aliphatic carbocycles. The third-order valence-corrected chi connectivity index (χ3v) is 4.59. The molecular weight excluding hydrogens is 356 g/mol. The molecule has 4 rings (SSSR count). The molecule has 0 aliphatic rings. The Morgan fingerprint density at radius 3 is 2.75 bits per heavy atom. The lowest BCUT2D eigenvalue weighted by molar-refractivity contribution is 0.102. The molecule has 1 aromatic carbocycles. The van der Waals surface area contributed by atoms with Crippen LogP contribution in [-0.4, -0.2) is 27.8 Å². The molecular formula is C21H20N4O3. The van der Waals surface area contributed by atoms with Gasteiger partial charge in [-0.25, -0.2) is 4.98 Å². The van der Waals surface area contributed by atoms with Crippen molar-refractivity contribution in [3.05, 3.63) is 59.5 Å². The normalized spacial score (nSPS) is 11.0. The first-order valence-corrected chi connectivity index (χ1v) is 8.82. The molecule has 0 unspecified atom stereocenters. The van der Waals surface area contributed by atoms with Crippen LogP contribution < -0.4 is 10.1 Å². The Morgan fingerprint density at radius 2 is 2.04 bits per heavy atom. The summed E-state index contributed by atoms with van der Waals surface area (Å²) in [6.07, 6.45) is 1.58. The van der Waals surface area contributed by atoms with Crippen molar-refractivity contribution in [2.45, 2.75) is 13.8 Å². The van der Waals surface area contributed by atoms with E-state index in [-0.39, 0.29) is 5.91 Å². The fraction of sp³-hybridized carbons (Fsp3) is 0.190.